The molecule has 2 rings (SSSR count). The molecule has 0 spiro atoms. The van der Waals surface area contributed by atoms with Crippen molar-refractivity contribution in [2.45, 2.75) is 17.0 Å². The Labute approximate surface area is 117 Å². The first-order valence-corrected chi connectivity index (χ1v) is 8.14. The summed E-state index contributed by atoms with van der Waals surface area (Å²) in [6, 6.07) is 6.90. The molecule has 110 valence electrons. The lowest BCUT2D eigenvalue weighted by Gasteiger charge is -2.13. The number of amides is 1. The number of halogens is 3. The van der Waals surface area contributed by atoms with Crippen LogP contribution in [-0.2, 0) is 14.8 Å². The van der Waals surface area contributed by atoms with Crippen LogP contribution in [0.3, 0.4) is 0 Å². The molecule has 0 unspecified atom stereocenters. The van der Waals surface area contributed by atoms with E-state index < -0.39 is 33.8 Å². The van der Waals surface area contributed by atoms with Crippen LogP contribution in [0.5, 0.6) is 0 Å². The predicted molar refractivity (Wildman–Crippen MR) is 67.9 cm³/mol. The number of thioether (sulfide) groups is 1. The molecule has 0 fully saturated rings. The highest BCUT2D eigenvalue weighted by Crippen LogP contribution is 2.39. The van der Waals surface area contributed by atoms with Gasteiger partial charge in [-0.1, -0.05) is 18.2 Å². The Bertz CT molecular complexity index is 628. The molecule has 1 atom stereocenters. The Morgan fingerprint density at radius 3 is 2.65 bits per heavy atom. The average molecular weight is 325 g/mol. The van der Waals surface area contributed by atoms with Gasteiger partial charge in [0.25, 0.3) is 0 Å². The quantitative estimate of drug-likeness (QED) is 0.922. The van der Waals surface area contributed by atoms with E-state index >= 15 is 0 Å². The standard InChI is InChI=1S/C11H10F3NO3S2/c12-11(13,14)6-20(17,18)15-10(16)8-5-19-9-4-2-1-3-7(8)9/h1-4,8H,5-6H2,(H,15,16)/t8-/m0/s1. The van der Waals surface area contributed by atoms with Crippen molar-refractivity contribution in [1.29, 1.82) is 0 Å². The van der Waals surface area contributed by atoms with E-state index in [1.54, 1.807) is 24.3 Å². The van der Waals surface area contributed by atoms with Crippen LogP contribution in [0.25, 0.3) is 0 Å². The summed E-state index contributed by atoms with van der Waals surface area (Å²) < 4.78 is 60.3. The SMILES string of the molecule is O=C(NS(=O)(=O)CC(F)(F)F)[C@H]1CSc2ccccc21. The number of alkyl halides is 3. The van der Waals surface area contributed by atoms with Gasteiger partial charge in [-0.3, -0.25) is 9.52 Å². The van der Waals surface area contributed by atoms with Gasteiger partial charge in [0.1, 0.15) is 0 Å². The minimum atomic E-state index is -4.88. The highest BCUT2D eigenvalue weighted by Gasteiger charge is 2.38. The number of sulfonamides is 1. The monoisotopic (exact) mass is 325 g/mol. The molecule has 1 aromatic rings. The Balaban J connectivity index is 2.11. The second-order valence-corrected chi connectivity index (χ2v) is 7.03. The van der Waals surface area contributed by atoms with Gasteiger partial charge in [-0.2, -0.15) is 13.2 Å². The summed E-state index contributed by atoms with van der Waals surface area (Å²) in [4.78, 5) is 12.7. The van der Waals surface area contributed by atoms with E-state index in [1.165, 1.54) is 16.5 Å². The molecule has 1 N–H and O–H groups in total. The normalized spacial score (nSPS) is 18.6. The summed E-state index contributed by atoms with van der Waals surface area (Å²) in [5, 5.41) is 0. The second-order valence-electron chi connectivity index (χ2n) is 4.24. The van der Waals surface area contributed by atoms with Crippen molar-refractivity contribution >= 4 is 27.7 Å². The smallest absolute Gasteiger partial charge is 0.273 e. The third kappa shape index (κ3) is 3.66. The summed E-state index contributed by atoms with van der Waals surface area (Å²) in [6.07, 6.45) is -4.88. The average Bonchev–Trinajstić information content (AvgIpc) is 2.68. The van der Waals surface area contributed by atoms with E-state index in [0.717, 1.165) is 4.90 Å². The lowest BCUT2D eigenvalue weighted by molar-refractivity contribution is -0.120. The molecule has 0 bridgehead atoms. The Hall–Kier alpha value is -1.22. The zero-order valence-corrected chi connectivity index (χ0v) is 11.6. The lowest BCUT2D eigenvalue weighted by Crippen LogP contribution is -2.39. The van der Waals surface area contributed by atoms with Gasteiger partial charge in [0.2, 0.25) is 15.9 Å². The maximum absolute atomic E-state index is 12.1. The molecule has 0 saturated heterocycles. The van der Waals surface area contributed by atoms with E-state index in [-0.39, 0.29) is 0 Å². The number of hydrogen-bond acceptors (Lipinski definition) is 4. The fourth-order valence-corrected chi connectivity index (χ4v) is 4.04. The van der Waals surface area contributed by atoms with E-state index in [2.05, 4.69) is 0 Å². The predicted octanol–water partition coefficient (Wildman–Crippen LogP) is 1.88. The molecule has 1 heterocycles. The first-order valence-electron chi connectivity index (χ1n) is 5.51. The Morgan fingerprint density at radius 2 is 2.00 bits per heavy atom. The van der Waals surface area contributed by atoms with Gasteiger partial charge in [0, 0.05) is 10.6 Å². The minimum Gasteiger partial charge on any atom is -0.273 e. The number of carbonyl (C=O) groups is 1. The zero-order chi connectivity index (χ0) is 15.0. The van der Waals surface area contributed by atoms with Crippen LogP contribution in [0.4, 0.5) is 13.2 Å². The molecule has 9 heteroatoms. The molecule has 1 aliphatic rings. The maximum Gasteiger partial charge on any atom is 0.404 e. The maximum atomic E-state index is 12.1. The molecule has 0 aromatic heterocycles. The number of fused-ring (bicyclic) bond motifs is 1. The fraction of sp³-hybridized carbons (Fsp3) is 0.364. The summed E-state index contributed by atoms with van der Waals surface area (Å²) in [5.74, 6) is -3.43. The van der Waals surface area contributed by atoms with Gasteiger partial charge < -0.3 is 0 Å². The van der Waals surface area contributed by atoms with Crippen LogP contribution < -0.4 is 4.72 Å². The van der Waals surface area contributed by atoms with Gasteiger partial charge in [0.05, 0.1) is 5.92 Å². The van der Waals surface area contributed by atoms with E-state index in [1.807, 2.05) is 0 Å². The summed E-state index contributed by atoms with van der Waals surface area (Å²) in [6.45, 7) is 0. The van der Waals surface area contributed by atoms with Crippen LogP contribution in [-0.4, -0.2) is 32.0 Å². The van der Waals surface area contributed by atoms with Crippen molar-refractivity contribution in [1.82, 2.24) is 4.72 Å². The van der Waals surface area contributed by atoms with Crippen molar-refractivity contribution in [2.75, 3.05) is 11.5 Å². The fourth-order valence-electron chi connectivity index (χ4n) is 1.86. The van der Waals surface area contributed by atoms with Gasteiger partial charge in [-0.05, 0) is 11.6 Å². The summed E-state index contributed by atoms with van der Waals surface area (Å²) in [5.41, 5.74) is 0.636. The van der Waals surface area contributed by atoms with Crippen molar-refractivity contribution < 1.29 is 26.4 Å². The molecule has 0 saturated carbocycles. The van der Waals surface area contributed by atoms with Crippen LogP contribution in [0.15, 0.2) is 29.2 Å². The molecular weight excluding hydrogens is 315 g/mol. The number of hydrogen-bond donors (Lipinski definition) is 1. The Morgan fingerprint density at radius 1 is 1.35 bits per heavy atom. The lowest BCUT2D eigenvalue weighted by atomic mass is 10.0. The van der Waals surface area contributed by atoms with E-state index in [4.69, 9.17) is 0 Å². The van der Waals surface area contributed by atoms with Crippen LogP contribution in [0, 0.1) is 0 Å². The van der Waals surface area contributed by atoms with Crippen molar-refractivity contribution in [2.24, 2.45) is 0 Å². The molecule has 0 aliphatic carbocycles. The van der Waals surface area contributed by atoms with Gasteiger partial charge >= 0.3 is 6.18 Å². The Kier molecular flexibility index (Phi) is 4.01. The number of nitrogens with one attached hydrogen (secondary N) is 1. The molecule has 4 nitrogen and oxygen atoms in total. The third-order valence-corrected chi connectivity index (χ3v) is 5.03. The zero-order valence-electron chi connectivity index (χ0n) is 9.98. The molecule has 0 radical (unpaired) electrons. The van der Waals surface area contributed by atoms with E-state index in [9.17, 15) is 26.4 Å². The summed E-state index contributed by atoms with van der Waals surface area (Å²) >= 11 is 1.37. The number of rotatable bonds is 3. The highest BCUT2D eigenvalue weighted by molar-refractivity contribution is 7.99. The largest absolute Gasteiger partial charge is 0.404 e. The van der Waals surface area contributed by atoms with Crippen molar-refractivity contribution in [3.63, 3.8) is 0 Å². The summed E-state index contributed by atoms with van der Waals surface area (Å²) in [7, 11) is -4.71. The highest BCUT2D eigenvalue weighted by atomic mass is 32.2. The molecular formula is C11H10F3NO3S2. The molecule has 1 amide bonds. The third-order valence-electron chi connectivity index (χ3n) is 2.63. The van der Waals surface area contributed by atoms with Crippen LogP contribution >= 0.6 is 11.8 Å². The first-order chi connectivity index (χ1) is 9.18. The molecule has 1 aromatic carbocycles. The van der Waals surface area contributed by atoms with Crippen LogP contribution in [0.2, 0.25) is 0 Å². The van der Waals surface area contributed by atoms with Crippen molar-refractivity contribution in [3.05, 3.63) is 29.8 Å². The van der Waals surface area contributed by atoms with E-state index in [0.29, 0.717) is 11.3 Å². The number of carbonyl (C=O) groups excluding carboxylic acids is 1. The number of benzene rings is 1. The minimum absolute atomic E-state index is 0.312. The van der Waals surface area contributed by atoms with Crippen LogP contribution in [0.1, 0.15) is 11.5 Å². The van der Waals surface area contributed by atoms with Gasteiger partial charge in [-0.15, -0.1) is 11.8 Å². The first kappa shape index (κ1) is 15.2. The van der Waals surface area contributed by atoms with Crippen molar-refractivity contribution in [3.8, 4) is 0 Å². The van der Waals surface area contributed by atoms with Gasteiger partial charge in [-0.25, -0.2) is 8.42 Å². The molecule has 1 aliphatic heterocycles. The van der Waals surface area contributed by atoms with Gasteiger partial charge in [0.15, 0.2) is 5.75 Å². The second kappa shape index (κ2) is 5.28. The molecule has 20 heavy (non-hydrogen) atoms. The topological polar surface area (TPSA) is 63.2 Å².